The minimum Gasteiger partial charge on any atom is -0.497 e. The molecule has 1 atom stereocenters. The Bertz CT molecular complexity index is 705. The van der Waals surface area contributed by atoms with E-state index in [0.717, 1.165) is 35.9 Å². The van der Waals surface area contributed by atoms with Gasteiger partial charge >= 0.3 is 0 Å². The number of aryl methyl sites for hydroxylation is 1. The molecular weight excluding hydrogens is 332 g/mol. The van der Waals surface area contributed by atoms with E-state index in [1.165, 1.54) is 0 Å². The van der Waals surface area contributed by atoms with Crippen LogP contribution in [0.25, 0.3) is 0 Å². The van der Waals surface area contributed by atoms with Crippen molar-refractivity contribution in [1.29, 1.82) is 0 Å². The Balaban J connectivity index is 1.60. The summed E-state index contributed by atoms with van der Waals surface area (Å²) in [6.07, 6.45) is 0.344. The molecule has 1 N–H and O–H groups in total. The van der Waals surface area contributed by atoms with E-state index >= 15 is 0 Å². The van der Waals surface area contributed by atoms with Crippen molar-refractivity contribution in [3.8, 4) is 5.75 Å². The third kappa shape index (κ3) is 4.86. The average molecular weight is 358 g/mol. The van der Waals surface area contributed by atoms with Gasteiger partial charge in [0.05, 0.1) is 32.8 Å². The topological polar surface area (TPSA) is 63.9 Å². The summed E-state index contributed by atoms with van der Waals surface area (Å²) in [5.41, 5.74) is 0.958. The van der Waals surface area contributed by atoms with Gasteiger partial charge in [-0.2, -0.15) is 0 Å². The Morgan fingerprint density at radius 2 is 1.92 bits per heavy atom. The molecule has 0 spiro atoms. The van der Waals surface area contributed by atoms with Gasteiger partial charge in [0.2, 0.25) is 5.91 Å². The minimum atomic E-state index is -0.00305. The molecule has 0 saturated carbocycles. The number of rotatable bonds is 7. The van der Waals surface area contributed by atoms with Crippen LogP contribution in [0.2, 0.25) is 0 Å². The predicted octanol–water partition coefficient (Wildman–Crippen LogP) is 2.33. The number of nitrogens with one attached hydrogen (secondary N) is 1. The van der Waals surface area contributed by atoms with Crippen molar-refractivity contribution in [3.63, 3.8) is 0 Å². The van der Waals surface area contributed by atoms with E-state index in [4.69, 9.17) is 13.9 Å². The van der Waals surface area contributed by atoms with Crippen LogP contribution in [-0.4, -0.2) is 50.8 Å². The summed E-state index contributed by atoms with van der Waals surface area (Å²) in [5.74, 6) is 2.54. The largest absolute Gasteiger partial charge is 0.497 e. The summed E-state index contributed by atoms with van der Waals surface area (Å²) >= 11 is 0. The lowest BCUT2D eigenvalue weighted by atomic mass is 10.1. The molecule has 0 aliphatic carbocycles. The average Bonchev–Trinajstić information content (AvgIpc) is 3.09. The normalized spacial score (nSPS) is 16.2. The van der Waals surface area contributed by atoms with Crippen molar-refractivity contribution in [2.24, 2.45) is 0 Å². The van der Waals surface area contributed by atoms with Crippen molar-refractivity contribution >= 4 is 5.91 Å². The van der Waals surface area contributed by atoms with Crippen LogP contribution >= 0.6 is 0 Å². The van der Waals surface area contributed by atoms with Gasteiger partial charge < -0.3 is 19.2 Å². The zero-order valence-corrected chi connectivity index (χ0v) is 15.4. The maximum Gasteiger partial charge on any atom is 0.224 e. The molecule has 0 radical (unpaired) electrons. The van der Waals surface area contributed by atoms with Crippen LogP contribution in [0, 0.1) is 6.92 Å². The Morgan fingerprint density at radius 1 is 1.19 bits per heavy atom. The van der Waals surface area contributed by atoms with Crippen LogP contribution in [-0.2, 0) is 16.0 Å². The van der Waals surface area contributed by atoms with Gasteiger partial charge in [-0.3, -0.25) is 9.69 Å². The van der Waals surface area contributed by atoms with Crippen molar-refractivity contribution in [1.82, 2.24) is 10.2 Å². The molecule has 0 bridgehead atoms. The van der Waals surface area contributed by atoms with E-state index in [1.54, 1.807) is 7.11 Å². The molecule has 26 heavy (non-hydrogen) atoms. The first kappa shape index (κ1) is 18.5. The highest BCUT2D eigenvalue weighted by Crippen LogP contribution is 2.23. The van der Waals surface area contributed by atoms with Crippen LogP contribution in [0.1, 0.15) is 23.1 Å². The van der Waals surface area contributed by atoms with Gasteiger partial charge in [0.25, 0.3) is 0 Å². The highest BCUT2D eigenvalue weighted by atomic mass is 16.5. The van der Waals surface area contributed by atoms with Gasteiger partial charge in [-0.05, 0) is 36.8 Å². The van der Waals surface area contributed by atoms with Crippen molar-refractivity contribution in [2.45, 2.75) is 19.4 Å². The summed E-state index contributed by atoms with van der Waals surface area (Å²) in [5, 5.41) is 3.05. The lowest BCUT2D eigenvalue weighted by Crippen LogP contribution is -2.43. The molecule has 1 aliphatic rings. The molecule has 2 aromatic rings. The molecule has 1 aliphatic heterocycles. The number of hydrogen-bond donors (Lipinski definition) is 1. The van der Waals surface area contributed by atoms with Gasteiger partial charge in [-0.15, -0.1) is 0 Å². The first-order valence-corrected chi connectivity index (χ1v) is 8.93. The first-order chi connectivity index (χ1) is 12.7. The second-order valence-corrected chi connectivity index (χ2v) is 6.44. The van der Waals surface area contributed by atoms with E-state index < -0.39 is 0 Å². The zero-order valence-electron chi connectivity index (χ0n) is 15.4. The monoisotopic (exact) mass is 358 g/mol. The van der Waals surface area contributed by atoms with Gasteiger partial charge in [0.1, 0.15) is 17.3 Å². The van der Waals surface area contributed by atoms with Crippen LogP contribution < -0.4 is 10.1 Å². The summed E-state index contributed by atoms with van der Waals surface area (Å²) in [6.45, 7) is 5.52. The molecule has 6 heteroatoms. The number of morpholine rings is 1. The maximum absolute atomic E-state index is 12.4. The van der Waals surface area contributed by atoms with E-state index in [1.807, 2.05) is 43.3 Å². The second kappa shape index (κ2) is 8.87. The van der Waals surface area contributed by atoms with Crippen LogP contribution in [0.15, 0.2) is 40.8 Å². The molecule has 1 aromatic carbocycles. The molecule has 1 amide bonds. The fourth-order valence-corrected chi connectivity index (χ4v) is 3.13. The zero-order chi connectivity index (χ0) is 18.4. The standard InChI is InChI=1S/C20H26N2O4/c1-15-3-8-19(26-15)18(22-9-11-25-12-10-22)14-21-20(23)13-16-4-6-17(24-2)7-5-16/h3-8,18H,9-14H2,1-2H3,(H,21,23)/t18-/m1/s1. The quantitative estimate of drug-likeness (QED) is 0.823. The molecule has 6 nitrogen and oxygen atoms in total. The SMILES string of the molecule is COc1ccc(CC(=O)NC[C@H](c2ccc(C)o2)N2CCOCC2)cc1. The van der Waals surface area contributed by atoms with E-state index in [-0.39, 0.29) is 11.9 Å². The molecular formula is C20H26N2O4. The third-order valence-electron chi connectivity index (χ3n) is 4.59. The molecule has 140 valence electrons. The fraction of sp³-hybridized carbons (Fsp3) is 0.450. The summed E-state index contributed by atoms with van der Waals surface area (Å²) in [4.78, 5) is 14.7. The molecule has 2 heterocycles. The second-order valence-electron chi connectivity index (χ2n) is 6.44. The van der Waals surface area contributed by atoms with Crippen molar-refractivity contribution in [2.75, 3.05) is 40.0 Å². The smallest absolute Gasteiger partial charge is 0.224 e. The highest BCUT2D eigenvalue weighted by molar-refractivity contribution is 5.78. The van der Waals surface area contributed by atoms with E-state index in [2.05, 4.69) is 10.2 Å². The van der Waals surface area contributed by atoms with Gasteiger partial charge in [0, 0.05) is 19.6 Å². The van der Waals surface area contributed by atoms with Gasteiger partial charge in [0.15, 0.2) is 0 Å². The Kier molecular flexibility index (Phi) is 6.30. The lowest BCUT2D eigenvalue weighted by molar-refractivity contribution is -0.120. The Labute approximate surface area is 154 Å². The summed E-state index contributed by atoms with van der Waals surface area (Å²) < 4.78 is 16.4. The Morgan fingerprint density at radius 3 is 2.54 bits per heavy atom. The number of carbonyl (C=O) groups excluding carboxylic acids is 1. The molecule has 1 fully saturated rings. The number of nitrogens with zero attached hydrogens (tertiary/aromatic N) is 1. The molecule has 3 rings (SSSR count). The first-order valence-electron chi connectivity index (χ1n) is 8.93. The van der Waals surface area contributed by atoms with Crippen LogP contribution in [0.3, 0.4) is 0 Å². The lowest BCUT2D eigenvalue weighted by Gasteiger charge is -2.33. The number of carbonyl (C=O) groups is 1. The third-order valence-corrected chi connectivity index (χ3v) is 4.59. The van der Waals surface area contributed by atoms with Crippen LogP contribution in [0.5, 0.6) is 5.75 Å². The van der Waals surface area contributed by atoms with Gasteiger partial charge in [-0.1, -0.05) is 12.1 Å². The summed E-state index contributed by atoms with van der Waals surface area (Å²) in [6, 6.07) is 11.5. The number of amides is 1. The van der Waals surface area contributed by atoms with Gasteiger partial charge in [-0.25, -0.2) is 0 Å². The fourth-order valence-electron chi connectivity index (χ4n) is 3.13. The number of benzene rings is 1. The number of ether oxygens (including phenoxy) is 2. The number of methoxy groups -OCH3 is 1. The van der Waals surface area contributed by atoms with Crippen molar-refractivity contribution < 1.29 is 18.7 Å². The van der Waals surface area contributed by atoms with E-state index in [9.17, 15) is 4.79 Å². The van der Waals surface area contributed by atoms with E-state index in [0.29, 0.717) is 26.2 Å². The molecule has 0 unspecified atom stereocenters. The number of hydrogen-bond acceptors (Lipinski definition) is 5. The minimum absolute atomic E-state index is 0.00305. The number of furan rings is 1. The maximum atomic E-state index is 12.4. The molecule has 1 saturated heterocycles. The van der Waals surface area contributed by atoms with Crippen LogP contribution in [0.4, 0.5) is 0 Å². The predicted molar refractivity (Wildman–Crippen MR) is 98.3 cm³/mol. The summed E-state index contributed by atoms with van der Waals surface area (Å²) in [7, 11) is 1.63. The molecule has 1 aromatic heterocycles. The van der Waals surface area contributed by atoms with Crippen molar-refractivity contribution in [3.05, 3.63) is 53.5 Å². The Hall–Kier alpha value is -2.31. The highest BCUT2D eigenvalue weighted by Gasteiger charge is 2.25.